The fourth-order valence-electron chi connectivity index (χ4n) is 12.9. The molecule has 144 heavy (non-hydrogen) atoms. The Morgan fingerprint density at radius 1 is 0.694 bits per heavy atom. The summed E-state index contributed by atoms with van der Waals surface area (Å²) in [7, 11) is -2.88. The third-order valence-electron chi connectivity index (χ3n) is 19.6. The van der Waals surface area contributed by atoms with Crippen molar-refractivity contribution in [2.24, 2.45) is 10.2 Å². The lowest BCUT2D eigenvalue weighted by Crippen LogP contribution is -2.96. The molecule has 9 aromatic carbocycles. The van der Waals surface area contributed by atoms with E-state index in [2.05, 4.69) is 129 Å². The van der Waals surface area contributed by atoms with Gasteiger partial charge in [-0.05, 0) is 189 Å². The number of carbonyl (C=O) groups is 9. The number of aliphatic carboxylic acids is 6. The molecule has 752 valence electrons. The molecule has 50 heteroatoms. The maximum absolute atomic E-state index is 13.0. The number of carbonyl (C=O) groups excluding carboxylic acids is 2. The van der Waals surface area contributed by atoms with E-state index in [1.54, 1.807) is 42.5 Å². The number of nitrogens with two attached hydrogens (primary N) is 1. The van der Waals surface area contributed by atoms with Crippen molar-refractivity contribution >= 4 is 224 Å². The first-order chi connectivity index (χ1) is 68.9. The number of H-pyrrole nitrogens is 1. The lowest BCUT2D eigenvalue weighted by atomic mass is 9.90. The Morgan fingerprint density at radius 3 is 2.02 bits per heavy atom. The van der Waals surface area contributed by atoms with Crippen LogP contribution < -0.4 is 36.0 Å². The Hall–Kier alpha value is -13.9. The number of ether oxygens (including phenoxy) is 1. The SMILES string of the molecule is COc1ccc(N(CC(=O)O)S(=O)(=O)c2ccc(C)c([NH+]([O-])[O-])c2)cc1.Cc1cccc(CNCCc2c[nH]c3ccccc23)c1.Nc1nnc(SCc2ccc(C(=O)O)cc2)s1.O=C(O)CC1S/C(=N\N=C2\CCCc3ccccc32)NC1=O.O=C(O)CN1C(=O)/C(=C\c2ccc(F)cc2)SC1=S.O=C(O)CSc1nnc(CNc2ccc(F)cc2)n1-c1ccccc1.O=C(O)CSc1nsc(SCC(=O)O)n1. The van der Waals surface area contributed by atoms with Crippen molar-refractivity contribution in [2.45, 2.75) is 93.9 Å². The van der Waals surface area contributed by atoms with Crippen molar-refractivity contribution in [1.82, 2.24) is 54.8 Å². The van der Waals surface area contributed by atoms with Gasteiger partial charge >= 0.3 is 41.8 Å². The van der Waals surface area contributed by atoms with Crippen LogP contribution in [0.2, 0.25) is 0 Å². The summed E-state index contributed by atoms with van der Waals surface area (Å²) in [5.74, 6) is -7.07. The summed E-state index contributed by atoms with van der Waals surface area (Å²) in [5, 5.41) is 118. The smallest absolute Gasteiger partial charge is 0.335 e. The number of thiocarbonyl (C=S) groups is 1. The molecule has 4 aromatic heterocycles. The van der Waals surface area contributed by atoms with Crippen molar-refractivity contribution in [1.29, 1.82) is 0 Å². The van der Waals surface area contributed by atoms with E-state index in [0.29, 0.717) is 74.7 Å². The second-order valence-electron chi connectivity index (χ2n) is 30.0. The van der Waals surface area contributed by atoms with E-state index in [1.165, 1.54) is 143 Å². The number of carboxylic acids is 7. The second-order valence-corrected chi connectivity index (χ2v) is 40.8. The van der Waals surface area contributed by atoms with Gasteiger partial charge in [0.15, 0.2) is 24.8 Å². The molecular weight excluding hydrogens is 2060 g/mol. The van der Waals surface area contributed by atoms with Gasteiger partial charge in [-0.1, -0.05) is 215 Å². The molecule has 2 amide bonds. The first-order valence-electron chi connectivity index (χ1n) is 42.5. The quantitative estimate of drug-likeness (QED) is 0.00577. The molecule has 0 radical (unpaired) electrons. The maximum Gasteiger partial charge on any atom is 0.335 e. The number of aromatic nitrogens is 8. The first-order valence-corrected chi connectivity index (χ1v) is 51.6. The minimum Gasteiger partial charge on any atom is -0.628 e. The maximum atomic E-state index is 13.0. The van der Waals surface area contributed by atoms with Crippen LogP contribution >= 0.6 is 106 Å². The largest absolute Gasteiger partial charge is 0.628 e. The highest BCUT2D eigenvalue weighted by atomic mass is 32.2. The molecule has 16 rings (SSSR count). The average Bonchev–Trinajstić information content (AvgIpc) is 1.23. The van der Waals surface area contributed by atoms with Crippen LogP contribution in [-0.2, 0) is 80.1 Å². The van der Waals surface area contributed by atoms with Crippen molar-refractivity contribution in [3.8, 4) is 11.4 Å². The van der Waals surface area contributed by atoms with Gasteiger partial charge in [-0.25, -0.2) is 27.0 Å². The molecular formula is C94H90F2N17O21S10-. The number of hydrogen-bond acceptors (Lipinski definition) is 34. The third-order valence-corrected chi connectivity index (χ3v) is 29.4. The van der Waals surface area contributed by atoms with Crippen LogP contribution in [0.1, 0.15) is 80.0 Å². The van der Waals surface area contributed by atoms with E-state index in [4.69, 9.17) is 58.4 Å². The molecule has 6 heterocycles. The van der Waals surface area contributed by atoms with Gasteiger partial charge in [0.25, 0.3) is 15.9 Å². The number of amidine groups is 1. The fourth-order valence-corrected chi connectivity index (χ4v) is 20.9. The van der Waals surface area contributed by atoms with E-state index < -0.39 is 81.3 Å². The summed E-state index contributed by atoms with van der Waals surface area (Å²) in [6.07, 6.45) is 7.44. The van der Waals surface area contributed by atoms with Gasteiger partial charge in [-0.2, -0.15) is 9.47 Å². The number of fused-ring (bicyclic) bond motifs is 2. The number of nitrogens with one attached hydrogen (secondary N) is 5. The number of methoxy groups -OCH3 is 1. The van der Waals surface area contributed by atoms with Crippen molar-refractivity contribution in [2.75, 3.05) is 59.4 Å². The van der Waals surface area contributed by atoms with Gasteiger partial charge in [0.1, 0.15) is 45.7 Å². The average molecular weight is 2150 g/mol. The fraction of sp³-hybridized carbons (Fsp3) is 0.191. The summed E-state index contributed by atoms with van der Waals surface area (Å²) in [4.78, 5) is 106. The van der Waals surface area contributed by atoms with Crippen molar-refractivity contribution < 1.29 is 106 Å². The Bertz CT molecular complexity index is 6840. The van der Waals surface area contributed by atoms with Gasteiger partial charge in [-0.15, -0.1) is 25.5 Å². The molecule has 2 aliphatic heterocycles. The number of halogens is 2. The summed E-state index contributed by atoms with van der Waals surface area (Å²) in [5.41, 5.74) is 17.8. The number of nitrogens with zero attached hydrogens (tertiary/aromatic N) is 11. The topological polar surface area (TPSA) is 581 Å². The molecule has 2 saturated heterocycles. The zero-order valence-electron chi connectivity index (χ0n) is 76.1. The molecule has 0 spiro atoms. The number of hydrogen-bond donors (Lipinski definition) is 13. The number of aryl methyl sites for hydroxylation is 3. The number of benzene rings is 9. The zero-order chi connectivity index (χ0) is 104. The lowest BCUT2D eigenvalue weighted by Gasteiger charge is -2.28. The van der Waals surface area contributed by atoms with Gasteiger partial charge < -0.3 is 82.8 Å². The van der Waals surface area contributed by atoms with Crippen LogP contribution in [-0.4, -0.2) is 206 Å². The van der Waals surface area contributed by atoms with E-state index >= 15 is 0 Å². The monoisotopic (exact) mass is 2150 g/mol. The highest BCUT2D eigenvalue weighted by molar-refractivity contribution is 8.26. The molecule has 3 aliphatic rings. The molecule has 2 fully saturated rings. The highest BCUT2D eigenvalue weighted by Gasteiger charge is 2.35. The number of rotatable bonds is 35. The normalized spacial score (nSPS) is 13.7. The van der Waals surface area contributed by atoms with Crippen LogP contribution in [0.25, 0.3) is 22.7 Å². The minimum atomic E-state index is -4.32. The van der Waals surface area contributed by atoms with E-state index in [-0.39, 0.29) is 61.8 Å². The summed E-state index contributed by atoms with van der Waals surface area (Å²) < 4.78 is 64.5. The van der Waals surface area contributed by atoms with Crippen LogP contribution in [0, 0.1) is 35.9 Å². The lowest BCUT2D eigenvalue weighted by molar-refractivity contribution is -0.715. The molecule has 0 saturated carbocycles. The molecule has 1 unspecified atom stereocenters. The molecule has 14 N–H and O–H groups in total. The Kier molecular flexibility index (Phi) is 43.8. The molecule has 13 aromatic rings. The van der Waals surface area contributed by atoms with E-state index in [1.807, 2.05) is 53.1 Å². The Morgan fingerprint density at radius 2 is 1.37 bits per heavy atom. The third kappa shape index (κ3) is 35.9. The molecule has 0 bridgehead atoms. The minimum absolute atomic E-state index is 0.0712. The van der Waals surface area contributed by atoms with E-state index in [9.17, 15) is 70.8 Å². The Labute approximate surface area is 860 Å². The summed E-state index contributed by atoms with van der Waals surface area (Å²) in [6.45, 7) is 4.64. The van der Waals surface area contributed by atoms with Crippen LogP contribution in [0.5, 0.6) is 5.75 Å². The second kappa shape index (κ2) is 56.3. The van der Waals surface area contributed by atoms with Crippen LogP contribution in [0.3, 0.4) is 0 Å². The number of carboxylic acid groups (broad SMARTS) is 7. The number of sulfonamides is 1. The summed E-state index contributed by atoms with van der Waals surface area (Å²) >= 11 is 14.2. The number of para-hydroxylation sites is 2. The van der Waals surface area contributed by atoms with Crippen molar-refractivity contribution in [3.05, 3.63) is 307 Å². The molecule has 1 atom stereocenters. The van der Waals surface area contributed by atoms with Gasteiger partial charge in [0.05, 0.1) is 64.1 Å². The number of thioether (sulfide) groups is 6. The van der Waals surface area contributed by atoms with Gasteiger partial charge in [0.2, 0.25) is 16.2 Å². The summed E-state index contributed by atoms with van der Waals surface area (Å²) in [6, 6.07) is 62.4. The zero-order valence-corrected chi connectivity index (χ0v) is 84.3. The highest BCUT2D eigenvalue weighted by Crippen LogP contribution is 2.35. The number of nitrogen functional groups attached to an aromatic ring is 1. The predicted molar refractivity (Wildman–Crippen MR) is 555 cm³/mol. The van der Waals surface area contributed by atoms with Crippen LogP contribution in [0.15, 0.2) is 264 Å². The molecule has 1 aliphatic carbocycles. The first kappa shape index (κ1) is 112. The van der Waals surface area contributed by atoms with Gasteiger partial charge in [0, 0.05) is 58.0 Å². The van der Waals surface area contributed by atoms with Gasteiger partial charge in [-0.3, -0.25) is 52.1 Å². The predicted octanol–water partition coefficient (Wildman–Crippen LogP) is 14.7. The number of anilines is 3. The van der Waals surface area contributed by atoms with Crippen molar-refractivity contribution in [3.63, 3.8) is 0 Å². The molecule has 38 nitrogen and oxygen atoms in total. The number of aromatic carboxylic acids is 1. The number of amides is 2. The number of quaternary nitrogens is 1. The number of aromatic amines is 1. The van der Waals surface area contributed by atoms with E-state index in [0.717, 1.165) is 153 Å². The standard InChI is InChI=1S/C18H20N2.C17H15FN4O2S.C16H17N2O7S.C15H15N3O3S.C12H8FNO3S2.C10H9N3O2S2.C6H6N2O4S3/c1-14-5-4-6-15(11-14)12-19-10-9-16-13-20-18-8-3-2-7-17(16)18;18-12-6-8-13(9-7-12)19-10-15-20-21-17(25-11-16(23)24)22(15)14-4-2-1-3-5-14;1-11-3-8-14(9-15(11)18(21)22)26(23,24)17(10-16(19)20)12-4-6-13(25-2)7-5-12;19-13(20)8-12-14(21)16-15(22-12)18-17-11-7-3-5-9-4-1-2-6-10(9)11;13-8-3-1-7(2-4-8)5-9-11(17)14(6-10(15)16)12(18)19-9;11-9-12-13-10(17-9)16-5-6-1-3-7(4-2-6)8(14)15;9-3(10)1-13-5-7-6(15-8-5)14-2-4(11)12/h2-8,11,13,19-20H,9-10,12H2,1H3;1-9,19H,10-11H2,(H,23,24);3-9,18H,10H2,1-2H3,(H,19,20);1-2,4,6,12H,3,5,7-8H2,(H,19,20)(H,16,18,21);1-5H,6H2,(H,15,16);1-4H,5H2,(H2,11,12)(H,14,15);1-2H2,(H,9,10)(H,11,12)/q;;-1;;;;/b;;;17-11-;9-5+;;. The Balaban J connectivity index is 0.000000174. The van der Waals surface area contributed by atoms with Crippen LogP contribution in [0.4, 0.5) is 31.0 Å².